The van der Waals surface area contributed by atoms with Crippen LogP contribution in [0.4, 0.5) is 17.6 Å². The van der Waals surface area contributed by atoms with Crippen molar-refractivity contribution in [2.45, 2.75) is 6.18 Å². The topological polar surface area (TPSA) is 39.2 Å². The molecule has 26 heavy (non-hydrogen) atoms. The fourth-order valence-electron chi connectivity index (χ4n) is 2.69. The van der Waals surface area contributed by atoms with Gasteiger partial charge in [0.25, 0.3) is 0 Å². The van der Waals surface area contributed by atoms with Crippen molar-refractivity contribution < 1.29 is 27.1 Å². The number of fused-ring (bicyclic) bond motifs is 1. The molecule has 0 aliphatic rings. The predicted octanol–water partition coefficient (Wildman–Crippen LogP) is 5.50. The van der Waals surface area contributed by atoms with Crippen LogP contribution >= 0.6 is 11.6 Å². The molecule has 3 nitrogen and oxygen atoms in total. The Morgan fingerprint density at radius 2 is 1.85 bits per heavy atom. The van der Waals surface area contributed by atoms with Gasteiger partial charge in [0.2, 0.25) is 0 Å². The van der Waals surface area contributed by atoms with E-state index in [0.29, 0.717) is 0 Å². The minimum Gasteiger partial charge on any atom is -0.465 e. The first kappa shape index (κ1) is 18.1. The van der Waals surface area contributed by atoms with Crippen molar-refractivity contribution in [1.82, 2.24) is 4.98 Å². The normalized spacial score (nSPS) is 11.6. The van der Waals surface area contributed by atoms with Crippen molar-refractivity contribution in [3.63, 3.8) is 0 Å². The monoisotopic (exact) mass is 383 g/mol. The molecule has 0 N–H and O–H groups in total. The van der Waals surface area contributed by atoms with Crippen LogP contribution < -0.4 is 0 Å². The summed E-state index contributed by atoms with van der Waals surface area (Å²) in [6, 6.07) is 9.16. The third-order valence-corrected chi connectivity index (χ3v) is 3.98. The Kier molecular flexibility index (Phi) is 4.58. The number of carbonyl (C=O) groups excluding carboxylic acids is 1. The number of rotatable bonds is 2. The second-order valence-corrected chi connectivity index (χ2v) is 5.78. The minimum atomic E-state index is -4.95. The van der Waals surface area contributed by atoms with Crippen molar-refractivity contribution in [2.75, 3.05) is 7.11 Å². The van der Waals surface area contributed by atoms with E-state index in [-0.39, 0.29) is 27.1 Å². The number of hydrogen-bond acceptors (Lipinski definition) is 3. The van der Waals surface area contributed by atoms with Gasteiger partial charge in [0, 0.05) is 21.5 Å². The molecule has 8 heteroatoms. The van der Waals surface area contributed by atoms with E-state index in [4.69, 9.17) is 11.6 Å². The summed E-state index contributed by atoms with van der Waals surface area (Å²) in [6.07, 6.45) is -4.95. The van der Waals surface area contributed by atoms with Crippen LogP contribution in [0.2, 0.25) is 5.02 Å². The first-order chi connectivity index (χ1) is 12.2. The second kappa shape index (κ2) is 6.57. The van der Waals surface area contributed by atoms with Gasteiger partial charge in [-0.1, -0.05) is 29.8 Å². The van der Waals surface area contributed by atoms with Gasteiger partial charge in [0.15, 0.2) is 5.69 Å². The number of carbonyl (C=O) groups is 1. The lowest BCUT2D eigenvalue weighted by Gasteiger charge is -2.18. The summed E-state index contributed by atoms with van der Waals surface area (Å²) in [5.41, 5.74) is -2.84. The van der Waals surface area contributed by atoms with E-state index in [1.54, 1.807) is 0 Å². The van der Waals surface area contributed by atoms with E-state index < -0.39 is 29.2 Å². The molecule has 0 bridgehead atoms. The molecular formula is C18H10ClF4NO2. The van der Waals surface area contributed by atoms with Crippen LogP contribution in [-0.2, 0) is 10.9 Å². The molecule has 3 rings (SSSR count). The molecule has 0 unspecified atom stereocenters. The summed E-state index contributed by atoms with van der Waals surface area (Å²) in [6.45, 7) is 0. The average Bonchev–Trinajstić information content (AvgIpc) is 2.59. The molecule has 0 atom stereocenters. The zero-order valence-electron chi connectivity index (χ0n) is 13.2. The maximum Gasteiger partial charge on any atom is 0.434 e. The van der Waals surface area contributed by atoms with E-state index in [1.165, 1.54) is 36.4 Å². The molecule has 0 fully saturated rings. The lowest BCUT2D eigenvalue weighted by Crippen LogP contribution is -2.18. The van der Waals surface area contributed by atoms with Gasteiger partial charge in [-0.25, -0.2) is 14.2 Å². The molecule has 3 aromatic rings. The van der Waals surface area contributed by atoms with Crippen molar-refractivity contribution in [3.8, 4) is 11.1 Å². The Morgan fingerprint density at radius 1 is 1.15 bits per heavy atom. The van der Waals surface area contributed by atoms with Crippen molar-refractivity contribution >= 4 is 28.5 Å². The first-order valence-electron chi connectivity index (χ1n) is 7.27. The van der Waals surface area contributed by atoms with Gasteiger partial charge >= 0.3 is 12.1 Å². The highest BCUT2D eigenvalue weighted by atomic mass is 35.5. The van der Waals surface area contributed by atoms with Gasteiger partial charge in [0.05, 0.1) is 18.2 Å². The third-order valence-electron chi connectivity index (χ3n) is 3.75. The Balaban J connectivity index is 2.58. The Bertz CT molecular complexity index is 1020. The number of halogens is 5. The van der Waals surface area contributed by atoms with Crippen molar-refractivity contribution in [1.29, 1.82) is 0 Å². The number of pyridine rings is 1. The number of esters is 1. The van der Waals surface area contributed by atoms with Crippen LogP contribution in [0, 0.1) is 5.82 Å². The van der Waals surface area contributed by atoms with E-state index >= 15 is 0 Å². The molecule has 0 radical (unpaired) electrons. The smallest absolute Gasteiger partial charge is 0.434 e. The van der Waals surface area contributed by atoms with Gasteiger partial charge in [0.1, 0.15) is 5.82 Å². The van der Waals surface area contributed by atoms with E-state index in [9.17, 15) is 22.4 Å². The highest BCUT2D eigenvalue weighted by Gasteiger charge is 2.40. The van der Waals surface area contributed by atoms with E-state index in [2.05, 4.69) is 9.72 Å². The summed E-state index contributed by atoms with van der Waals surface area (Å²) in [4.78, 5) is 15.8. The fourth-order valence-corrected chi connectivity index (χ4v) is 2.86. The number of alkyl halides is 3. The van der Waals surface area contributed by atoms with Crippen LogP contribution in [0.3, 0.4) is 0 Å². The van der Waals surface area contributed by atoms with Gasteiger partial charge in [-0.15, -0.1) is 0 Å². The molecule has 2 aromatic carbocycles. The highest BCUT2D eigenvalue weighted by Crippen LogP contribution is 2.41. The number of nitrogens with zero attached hydrogens (tertiary/aromatic N) is 1. The predicted molar refractivity (Wildman–Crippen MR) is 88.5 cm³/mol. The first-order valence-corrected chi connectivity index (χ1v) is 7.65. The molecule has 1 aromatic heterocycles. The Labute approximate surface area is 150 Å². The average molecular weight is 384 g/mol. The number of aromatic nitrogens is 1. The van der Waals surface area contributed by atoms with Crippen molar-refractivity contribution in [3.05, 3.63) is 64.6 Å². The lowest BCUT2D eigenvalue weighted by atomic mass is 9.93. The molecule has 1 heterocycles. The summed E-state index contributed by atoms with van der Waals surface area (Å²) in [5, 5.41) is 0.309. The summed E-state index contributed by atoms with van der Waals surface area (Å²) < 4.78 is 59.6. The summed E-state index contributed by atoms with van der Waals surface area (Å²) >= 11 is 5.95. The fraction of sp³-hybridized carbons (Fsp3) is 0.111. The standard InChI is InChI=1S/C18H10ClF4NO2/c1-26-17(25)15-14(10-4-2-3-5-12(10)20)11-8-9(19)6-7-13(11)24-16(15)18(21,22)23/h2-8H,1H3. The van der Waals surface area contributed by atoms with Gasteiger partial charge in [-0.05, 0) is 24.3 Å². The number of hydrogen-bond donors (Lipinski definition) is 0. The molecule has 0 amide bonds. The summed E-state index contributed by atoms with van der Waals surface area (Å²) in [5.74, 6) is -2.07. The number of ether oxygens (including phenoxy) is 1. The molecule has 0 aliphatic heterocycles. The molecule has 134 valence electrons. The summed E-state index contributed by atoms with van der Waals surface area (Å²) in [7, 11) is 0.940. The van der Waals surface area contributed by atoms with Crippen LogP contribution in [0.25, 0.3) is 22.0 Å². The Morgan fingerprint density at radius 3 is 2.46 bits per heavy atom. The molecule has 0 spiro atoms. The zero-order chi connectivity index (χ0) is 19.1. The molecular weight excluding hydrogens is 374 g/mol. The van der Waals surface area contributed by atoms with E-state index in [0.717, 1.165) is 13.2 Å². The quantitative estimate of drug-likeness (QED) is 0.433. The number of methoxy groups -OCH3 is 1. The third kappa shape index (κ3) is 3.10. The molecule has 0 saturated carbocycles. The minimum absolute atomic E-state index is 0.0763. The Hall–Kier alpha value is -2.67. The highest BCUT2D eigenvalue weighted by molar-refractivity contribution is 6.31. The largest absolute Gasteiger partial charge is 0.465 e. The van der Waals surface area contributed by atoms with Crippen molar-refractivity contribution in [2.24, 2.45) is 0 Å². The lowest BCUT2D eigenvalue weighted by molar-refractivity contribution is -0.141. The van der Waals surface area contributed by atoms with E-state index in [1.807, 2.05) is 0 Å². The SMILES string of the molecule is COC(=O)c1c(C(F)(F)F)nc2ccc(Cl)cc2c1-c1ccccc1F. The van der Waals surface area contributed by atoms with Gasteiger partial charge in [-0.3, -0.25) is 0 Å². The van der Waals surface area contributed by atoms with Crippen LogP contribution in [0.15, 0.2) is 42.5 Å². The molecule has 0 saturated heterocycles. The van der Waals surface area contributed by atoms with Crippen LogP contribution in [0.5, 0.6) is 0 Å². The number of benzene rings is 2. The second-order valence-electron chi connectivity index (χ2n) is 5.34. The van der Waals surface area contributed by atoms with Crippen LogP contribution in [-0.4, -0.2) is 18.1 Å². The maximum absolute atomic E-state index is 14.4. The van der Waals surface area contributed by atoms with Gasteiger partial charge in [-0.2, -0.15) is 13.2 Å². The van der Waals surface area contributed by atoms with Crippen LogP contribution in [0.1, 0.15) is 16.1 Å². The molecule has 0 aliphatic carbocycles. The van der Waals surface area contributed by atoms with Gasteiger partial charge < -0.3 is 4.74 Å². The zero-order valence-corrected chi connectivity index (χ0v) is 14.0. The maximum atomic E-state index is 14.4.